The van der Waals surface area contributed by atoms with Crippen molar-refractivity contribution < 1.29 is 9.59 Å². The molecule has 1 saturated heterocycles. The van der Waals surface area contributed by atoms with Crippen molar-refractivity contribution in [2.45, 2.75) is 25.7 Å². The molecule has 0 saturated carbocycles. The lowest BCUT2D eigenvalue weighted by molar-refractivity contribution is -0.115. The number of rotatable bonds is 3. The van der Waals surface area contributed by atoms with E-state index in [0.717, 1.165) is 50.1 Å². The lowest BCUT2D eigenvalue weighted by atomic mass is 9.93. The molecule has 5 heteroatoms. The van der Waals surface area contributed by atoms with Crippen molar-refractivity contribution in [2.24, 2.45) is 11.7 Å². The second kappa shape index (κ2) is 5.85. The van der Waals surface area contributed by atoms with E-state index in [1.54, 1.807) is 6.07 Å². The molecule has 21 heavy (non-hydrogen) atoms. The topological polar surface area (TPSA) is 75.4 Å². The van der Waals surface area contributed by atoms with E-state index in [-0.39, 0.29) is 11.8 Å². The number of nitrogens with two attached hydrogens (primary N) is 1. The Labute approximate surface area is 124 Å². The third-order valence-electron chi connectivity index (χ3n) is 4.45. The highest BCUT2D eigenvalue weighted by Gasteiger charge is 2.25. The summed E-state index contributed by atoms with van der Waals surface area (Å²) in [5, 5.41) is 2.79. The number of hydrogen-bond donors (Lipinski definition) is 2. The van der Waals surface area contributed by atoms with Crippen LogP contribution in [-0.2, 0) is 11.2 Å². The molecule has 0 radical (unpaired) electrons. The first-order chi connectivity index (χ1) is 10.2. The number of nitrogens with zero attached hydrogens (tertiary/aromatic N) is 1. The smallest absolute Gasteiger partial charge is 0.253 e. The molecule has 0 atom stereocenters. The zero-order valence-electron chi connectivity index (χ0n) is 12.1. The van der Waals surface area contributed by atoms with Gasteiger partial charge in [0.15, 0.2) is 0 Å². The summed E-state index contributed by atoms with van der Waals surface area (Å²) in [5.41, 5.74) is 8.03. The SMILES string of the molecule is NCCC1CCN(C(=O)c2ccc3c(c2)CC(=O)N3)CC1. The van der Waals surface area contributed by atoms with Gasteiger partial charge in [0.2, 0.25) is 5.91 Å². The number of amides is 2. The van der Waals surface area contributed by atoms with Crippen LogP contribution in [0.25, 0.3) is 0 Å². The van der Waals surface area contributed by atoms with Crippen molar-refractivity contribution in [2.75, 3.05) is 25.0 Å². The molecule has 1 aromatic carbocycles. The van der Waals surface area contributed by atoms with Gasteiger partial charge in [0.1, 0.15) is 0 Å². The van der Waals surface area contributed by atoms with Gasteiger partial charge in [0.05, 0.1) is 6.42 Å². The predicted octanol–water partition coefficient (Wildman–Crippen LogP) is 1.38. The molecule has 0 unspecified atom stereocenters. The Kier molecular flexibility index (Phi) is 3.92. The number of piperidine rings is 1. The molecule has 1 fully saturated rings. The van der Waals surface area contributed by atoms with Crippen LogP contribution in [0.5, 0.6) is 0 Å². The Morgan fingerprint density at radius 3 is 2.81 bits per heavy atom. The maximum atomic E-state index is 12.5. The van der Waals surface area contributed by atoms with E-state index in [2.05, 4.69) is 5.32 Å². The van der Waals surface area contributed by atoms with Gasteiger partial charge >= 0.3 is 0 Å². The van der Waals surface area contributed by atoms with Gasteiger partial charge in [-0.05, 0) is 55.5 Å². The number of nitrogens with one attached hydrogen (secondary N) is 1. The normalized spacial score (nSPS) is 18.5. The number of hydrogen-bond acceptors (Lipinski definition) is 3. The highest BCUT2D eigenvalue weighted by atomic mass is 16.2. The van der Waals surface area contributed by atoms with Crippen molar-refractivity contribution in [1.29, 1.82) is 0 Å². The summed E-state index contributed by atoms with van der Waals surface area (Å²) in [4.78, 5) is 25.8. The van der Waals surface area contributed by atoms with E-state index in [9.17, 15) is 9.59 Å². The minimum absolute atomic E-state index is 0.00259. The van der Waals surface area contributed by atoms with Crippen LogP contribution in [0.1, 0.15) is 35.2 Å². The van der Waals surface area contributed by atoms with Crippen LogP contribution in [0.4, 0.5) is 5.69 Å². The molecule has 0 aliphatic carbocycles. The Hall–Kier alpha value is -1.88. The van der Waals surface area contributed by atoms with E-state index >= 15 is 0 Å². The average Bonchev–Trinajstić information content (AvgIpc) is 2.86. The van der Waals surface area contributed by atoms with Crippen LogP contribution in [0.3, 0.4) is 0 Å². The monoisotopic (exact) mass is 287 g/mol. The minimum Gasteiger partial charge on any atom is -0.339 e. The van der Waals surface area contributed by atoms with Gasteiger partial charge in [0, 0.05) is 24.3 Å². The maximum absolute atomic E-state index is 12.5. The highest BCUT2D eigenvalue weighted by Crippen LogP contribution is 2.26. The van der Waals surface area contributed by atoms with Gasteiger partial charge in [-0.3, -0.25) is 9.59 Å². The Bertz CT molecular complexity index is 563. The van der Waals surface area contributed by atoms with Crippen molar-refractivity contribution in [3.63, 3.8) is 0 Å². The fraction of sp³-hybridized carbons (Fsp3) is 0.500. The highest BCUT2D eigenvalue weighted by molar-refractivity contribution is 6.01. The zero-order valence-corrected chi connectivity index (χ0v) is 12.1. The van der Waals surface area contributed by atoms with E-state index in [1.807, 2.05) is 17.0 Å². The van der Waals surface area contributed by atoms with Gasteiger partial charge in [0.25, 0.3) is 5.91 Å². The van der Waals surface area contributed by atoms with Crippen LogP contribution in [0.15, 0.2) is 18.2 Å². The average molecular weight is 287 g/mol. The largest absolute Gasteiger partial charge is 0.339 e. The summed E-state index contributed by atoms with van der Waals surface area (Å²) < 4.78 is 0. The summed E-state index contributed by atoms with van der Waals surface area (Å²) >= 11 is 0. The van der Waals surface area contributed by atoms with Crippen LogP contribution in [0.2, 0.25) is 0 Å². The molecule has 2 heterocycles. The molecule has 3 N–H and O–H groups in total. The molecular weight excluding hydrogens is 266 g/mol. The quantitative estimate of drug-likeness (QED) is 0.882. The minimum atomic E-state index is -0.00259. The first-order valence-corrected chi connectivity index (χ1v) is 7.59. The summed E-state index contributed by atoms with van der Waals surface area (Å²) in [5.74, 6) is 0.724. The summed E-state index contributed by atoms with van der Waals surface area (Å²) in [6, 6.07) is 5.48. The molecule has 112 valence electrons. The predicted molar refractivity (Wildman–Crippen MR) is 81.1 cm³/mol. The molecule has 0 bridgehead atoms. The number of carbonyl (C=O) groups is 2. The molecule has 2 aliphatic heterocycles. The lowest BCUT2D eigenvalue weighted by Gasteiger charge is -2.32. The molecule has 2 amide bonds. The number of benzene rings is 1. The van der Waals surface area contributed by atoms with Crippen molar-refractivity contribution >= 4 is 17.5 Å². The number of likely N-dealkylation sites (tertiary alicyclic amines) is 1. The Morgan fingerprint density at radius 2 is 2.10 bits per heavy atom. The second-order valence-corrected chi connectivity index (χ2v) is 5.91. The van der Waals surface area contributed by atoms with Crippen LogP contribution < -0.4 is 11.1 Å². The van der Waals surface area contributed by atoms with Crippen molar-refractivity contribution in [1.82, 2.24) is 4.90 Å². The molecule has 2 aliphatic rings. The molecule has 0 aromatic heterocycles. The fourth-order valence-electron chi connectivity index (χ4n) is 3.21. The van der Waals surface area contributed by atoms with Crippen molar-refractivity contribution in [3.8, 4) is 0 Å². The first kappa shape index (κ1) is 14.1. The van der Waals surface area contributed by atoms with Crippen LogP contribution >= 0.6 is 0 Å². The molecule has 5 nitrogen and oxygen atoms in total. The van der Waals surface area contributed by atoms with E-state index < -0.39 is 0 Å². The Balaban J connectivity index is 1.67. The van der Waals surface area contributed by atoms with E-state index in [0.29, 0.717) is 17.9 Å². The second-order valence-electron chi connectivity index (χ2n) is 5.91. The van der Waals surface area contributed by atoms with Gasteiger partial charge in [-0.15, -0.1) is 0 Å². The van der Waals surface area contributed by atoms with E-state index in [1.165, 1.54) is 0 Å². The van der Waals surface area contributed by atoms with E-state index in [4.69, 9.17) is 5.73 Å². The van der Waals surface area contributed by atoms with Gasteiger partial charge in [-0.2, -0.15) is 0 Å². The third kappa shape index (κ3) is 2.93. The van der Waals surface area contributed by atoms with Crippen LogP contribution in [-0.4, -0.2) is 36.3 Å². The third-order valence-corrected chi connectivity index (χ3v) is 4.45. The van der Waals surface area contributed by atoms with Crippen LogP contribution in [0, 0.1) is 5.92 Å². The van der Waals surface area contributed by atoms with Gasteiger partial charge < -0.3 is 16.0 Å². The Morgan fingerprint density at radius 1 is 1.33 bits per heavy atom. The first-order valence-electron chi connectivity index (χ1n) is 7.59. The molecular formula is C16H21N3O2. The summed E-state index contributed by atoms with van der Waals surface area (Å²) in [6.45, 7) is 2.33. The maximum Gasteiger partial charge on any atom is 0.253 e. The summed E-state index contributed by atoms with van der Waals surface area (Å²) in [7, 11) is 0. The molecule has 3 rings (SSSR count). The zero-order chi connectivity index (χ0) is 14.8. The number of anilines is 1. The van der Waals surface area contributed by atoms with Gasteiger partial charge in [-0.25, -0.2) is 0 Å². The standard InChI is InChI=1S/C16H21N3O2/c17-6-3-11-4-7-19(8-5-11)16(21)12-1-2-14-13(9-12)10-15(20)18-14/h1-2,9,11H,3-8,10,17H2,(H,18,20). The summed E-state index contributed by atoms with van der Waals surface area (Å²) in [6.07, 6.45) is 3.49. The number of carbonyl (C=O) groups excluding carboxylic acids is 2. The molecule has 0 spiro atoms. The molecule has 1 aromatic rings. The fourth-order valence-corrected chi connectivity index (χ4v) is 3.21. The van der Waals surface area contributed by atoms with Crippen molar-refractivity contribution in [3.05, 3.63) is 29.3 Å². The van der Waals surface area contributed by atoms with Gasteiger partial charge in [-0.1, -0.05) is 0 Å². The lowest BCUT2D eigenvalue weighted by Crippen LogP contribution is -2.38. The number of fused-ring (bicyclic) bond motifs is 1.